The van der Waals surface area contributed by atoms with Crippen LogP contribution in [0.25, 0.3) is 28.4 Å². The molecule has 13 N–H and O–H groups in total. The molecule has 65 heavy (non-hydrogen) atoms. The summed E-state index contributed by atoms with van der Waals surface area (Å²) in [4.78, 5) is 27.5. The van der Waals surface area contributed by atoms with Crippen molar-refractivity contribution >= 4 is 23.0 Å². The van der Waals surface area contributed by atoms with Crippen LogP contribution in [-0.2, 0) is 28.5 Å². The Labute approximate surface area is 365 Å². The van der Waals surface area contributed by atoms with Gasteiger partial charge in [-0.3, -0.25) is 4.79 Å². The van der Waals surface area contributed by atoms with E-state index in [2.05, 4.69) is 0 Å². The van der Waals surface area contributed by atoms with E-state index in [9.17, 15) is 76.0 Å². The summed E-state index contributed by atoms with van der Waals surface area (Å²) in [6, 6.07) is 10.8. The Morgan fingerprint density at radius 2 is 1.31 bits per heavy atom. The maximum absolute atomic E-state index is 14.5. The summed E-state index contributed by atoms with van der Waals surface area (Å²) in [7, 11) is 0. The van der Waals surface area contributed by atoms with E-state index in [1.165, 1.54) is 43.3 Å². The van der Waals surface area contributed by atoms with Crippen molar-refractivity contribution in [3.8, 4) is 45.8 Å². The number of ether oxygens (including phenoxy) is 7. The van der Waals surface area contributed by atoms with E-state index < -0.39 is 156 Å². The van der Waals surface area contributed by atoms with Crippen LogP contribution in [0.4, 0.5) is 0 Å². The normalized spacial score (nSPS) is 32.9. The maximum Gasteiger partial charge on any atom is 0.331 e. The first-order chi connectivity index (χ1) is 30.9. The van der Waals surface area contributed by atoms with Crippen LogP contribution < -0.4 is 14.9 Å². The predicted octanol–water partition coefficient (Wildman–Crippen LogP) is -2.24. The van der Waals surface area contributed by atoms with Gasteiger partial charge in [-0.05, 0) is 48.9 Å². The number of phenolic OH excluding ortho intramolecular Hbond substituents is 4. The number of fused-ring (bicyclic) bond motifs is 1. The van der Waals surface area contributed by atoms with Crippen molar-refractivity contribution in [3.05, 3.63) is 76.5 Å². The highest BCUT2D eigenvalue weighted by atomic mass is 16.8. The average Bonchev–Trinajstić information content (AvgIpc) is 3.28. The van der Waals surface area contributed by atoms with Crippen molar-refractivity contribution in [2.75, 3.05) is 13.2 Å². The summed E-state index contributed by atoms with van der Waals surface area (Å²) in [6.45, 7) is -0.482. The molecule has 23 nitrogen and oxygen atoms in total. The molecule has 0 bridgehead atoms. The van der Waals surface area contributed by atoms with E-state index in [-0.39, 0.29) is 17.1 Å². The van der Waals surface area contributed by atoms with Crippen molar-refractivity contribution in [3.63, 3.8) is 0 Å². The van der Waals surface area contributed by atoms with Gasteiger partial charge >= 0.3 is 5.97 Å². The van der Waals surface area contributed by atoms with Gasteiger partial charge in [0.15, 0.2) is 35.8 Å². The molecule has 1 aromatic heterocycles. The Morgan fingerprint density at radius 3 is 1.95 bits per heavy atom. The SMILES string of the molecule is CC1OC(Oc2cc(O)c3c(=O)c(OC4OC(CO)C(O)C(O)C4OC4OC(CO)C(O)C(O)C4OC(=O)C=Cc4ccc(O)cc4)c(-c4ccc(O)c(O)c4)oc3c2)C(O)C(O)C1O. The number of phenols is 4. The summed E-state index contributed by atoms with van der Waals surface area (Å²) in [5.41, 5.74) is -1.34. The minimum Gasteiger partial charge on any atom is -0.508 e. The van der Waals surface area contributed by atoms with Gasteiger partial charge in [0.05, 0.1) is 19.3 Å². The smallest absolute Gasteiger partial charge is 0.331 e. The molecule has 3 aliphatic heterocycles. The Balaban J connectivity index is 1.26. The quantitative estimate of drug-likeness (QED) is 0.0406. The fourth-order valence-electron chi connectivity index (χ4n) is 7.31. The number of carbonyl (C=O) groups is 1. The van der Waals surface area contributed by atoms with Crippen LogP contribution in [-0.4, -0.2) is 178 Å². The Kier molecular flexibility index (Phi) is 14.2. The Hall–Kier alpha value is -5.64. The molecule has 0 radical (unpaired) electrons. The third-order valence-electron chi connectivity index (χ3n) is 10.9. The first kappa shape index (κ1) is 47.3. The van der Waals surface area contributed by atoms with Gasteiger partial charge in [-0.25, -0.2) is 4.79 Å². The van der Waals surface area contributed by atoms with E-state index >= 15 is 0 Å². The first-order valence-corrected chi connectivity index (χ1v) is 19.9. The Morgan fingerprint density at radius 1 is 0.662 bits per heavy atom. The predicted molar refractivity (Wildman–Crippen MR) is 214 cm³/mol. The minimum absolute atomic E-state index is 0.0467. The molecule has 352 valence electrons. The molecule has 15 atom stereocenters. The van der Waals surface area contributed by atoms with Crippen LogP contribution in [0.3, 0.4) is 0 Å². The summed E-state index contributed by atoms with van der Waals surface area (Å²) < 4.78 is 46.0. The van der Waals surface area contributed by atoms with E-state index in [1.54, 1.807) is 0 Å². The second-order valence-corrected chi connectivity index (χ2v) is 15.4. The topological polar surface area (TPSA) is 375 Å². The summed E-state index contributed by atoms with van der Waals surface area (Å²) in [5.74, 6) is -5.00. The number of aromatic hydroxyl groups is 4. The van der Waals surface area contributed by atoms with Gasteiger partial charge in [0.25, 0.3) is 0 Å². The third-order valence-corrected chi connectivity index (χ3v) is 10.9. The fraction of sp³-hybridized carbons (Fsp3) is 0.429. The molecular formula is C42H46O23. The average molecular weight is 919 g/mol. The Bertz CT molecular complexity index is 2400. The third kappa shape index (κ3) is 9.68. The van der Waals surface area contributed by atoms with Crippen molar-refractivity contribution in [1.29, 1.82) is 0 Å². The van der Waals surface area contributed by atoms with Gasteiger partial charge in [-0.2, -0.15) is 0 Å². The molecule has 0 amide bonds. The fourth-order valence-corrected chi connectivity index (χ4v) is 7.31. The highest BCUT2D eigenvalue weighted by Crippen LogP contribution is 2.41. The number of carbonyl (C=O) groups excluding carboxylic acids is 1. The van der Waals surface area contributed by atoms with Crippen LogP contribution in [0.1, 0.15) is 12.5 Å². The van der Waals surface area contributed by atoms with Crippen LogP contribution >= 0.6 is 0 Å². The molecule has 3 saturated heterocycles. The monoisotopic (exact) mass is 918 g/mol. The van der Waals surface area contributed by atoms with Crippen LogP contribution in [0.15, 0.2) is 69.9 Å². The highest BCUT2D eigenvalue weighted by molar-refractivity contribution is 5.89. The number of aliphatic hydroxyl groups excluding tert-OH is 9. The van der Waals surface area contributed by atoms with Crippen molar-refractivity contribution in [2.24, 2.45) is 0 Å². The number of benzene rings is 3. The molecule has 0 saturated carbocycles. The number of hydrogen-bond acceptors (Lipinski definition) is 23. The van der Waals surface area contributed by atoms with Gasteiger partial charge in [0, 0.05) is 23.8 Å². The molecule has 3 aliphatic rings. The van der Waals surface area contributed by atoms with Crippen molar-refractivity contribution in [2.45, 2.75) is 99.0 Å². The molecule has 4 heterocycles. The molecular weight excluding hydrogens is 872 g/mol. The van der Waals surface area contributed by atoms with Gasteiger partial charge in [-0.15, -0.1) is 0 Å². The first-order valence-electron chi connectivity index (χ1n) is 19.9. The van der Waals surface area contributed by atoms with E-state index in [1.807, 2.05) is 0 Å². The molecule has 15 unspecified atom stereocenters. The molecule has 23 heteroatoms. The van der Waals surface area contributed by atoms with Crippen LogP contribution in [0, 0.1) is 0 Å². The number of rotatable bonds is 12. The van der Waals surface area contributed by atoms with Crippen molar-refractivity contribution in [1.82, 2.24) is 0 Å². The zero-order valence-electron chi connectivity index (χ0n) is 33.8. The molecule has 0 aliphatic carbocycles. The van der Waals surface area contributed by atoms with Gasteiger partial charge in [0.1, 0.15) is 83.2 Å². The maximum atomic E-state index is 14.5. The van der Waals surface area contributed by atoms with Gasteiger partial charge < -0.3 is 104 Å². The molecule has 3 aromatic carbocycles. The molecule has 0 spiro atoms. The lowest BCUT2D eigenvalue weighted by atomic mass is 9.97. The van der Waals surface area contributed by atoms with E-state index in [0.29, 0.717) is 5.56 Å². The minimum atomic E-state index is -2.13. The second kappa shape index (κ2) is 19.4. The standard InChI is InChI=1S/C42H46O23/c1-15-28(50)32(54)35(57)40(58-15)59-19-11-22(48)27-23(12-19)60-36(17-5-8-20(46)21(47)10-17)37(31(27)53)64-42-39(34(56)30(52)25(14-44)62-42)65-41-38(33(55)29(51)24(13-43)61-41)63-26(49)9-4-16-2-6-18(45)7-3-16/h2-12,15,24-25,28-30,32-35,38-48,50-52,54-57H,13-14H2,1H3. The number of aliphatic hydroxyl groups is 9. The molecule has 3 fully saturated rings. The van der Waals surface area contributed by atoms with Gasteiger partial charge in [-0.1, -0.05) is 12.1 Å². The molecule has 4 aromatic rings. The zero-order valence-corrected chi connectivity index (χ0v) is 33.8. The van der Waals surface area contributed by atoms with Crippen molar-refractivity contribution < 1.29 is 109 Å². The van der Waals surface area contributed by atoms with Crippen LogP contribution in [0.2, 0.25) is 0 Å². The summed E-state index contributed by atoms with van der Waals surface area (Å²) in [5, 5.41) is 136. The van der Waals surface area contributed by atoms with E-state index in [0.717, 1.165) is 30.3 Å². The summed E-state index contributed by atoms with van der Waals surface area (Å²) in [6.07, 6.45) is -24.7. The zero-order chi connectivity index (χ0) is 47.0. The molecule has 7 rings (SSSR count). The lowest BCUT2D eigenvalue weighted by Crippen LogP contribution is -2.65. The van der Waals surface area contributed by atoms with Crippen LogP contribution in [0.5, 0.6) is 34.5 Å². The lowest BCUT2D eigenvalue weighted by molar-refractivity contribution is -0.358. The second-order valence-electron chi connectivity index (χ2n) is 15.4. The number of esters is 1. The summed E-state index contributed by atoms with van der Waals surface area (Å²) >= 11 is 0. The largest absolute Gasteiger partial charge is 0.508 e. The number of hydrogen-bond donors (Lipinski definition) is 13. The highest BCUT2D eigenvalue weighted by Gasteiger charge is 2.53. The lowest BCUT2D eigenvalue weighted by Gasteiger charge is -2.46. The van der Waals surface area contributed by atoms with E-state index in [4.69, 9.17) is 37.6 Å². The van der Waals surface area contributed by atoms with Gasteiger partial charge in [0.2, 0.25) is 23.8 Å².